The first-order chi connectivity index (χ1) is 9.53. The number of carboxylic acids is 1. The molecule has 2 amide bonds. The van der Waals surface area contributed by atoms with Crippen LogP contribution in [0.5, 0.6) is 0 Å². The summed E-state index contributed by atoms with van der Waals surface area (Å²) < 4.78 is 0. The van der Waals surface area contributed by atoms with Gasteiger partial charge in [-0.1, -0.05) is 19.1 Å². The van der Waals surface area contributed by atoms with E-state index >= 15 is 0 Å². The van der Waals surface area contributed by atoms with E-state index in [1.165, 1.54) is 0 Å². The molecule has 0 aliphatic heterocycles. The molecule has 1 aliphatic carbocycles. The van der Waals surface area contributed by atoms with Gasteiger partial charge in [0.05, 0.1) is 6.42 Å². The molecule has 108 valence electrons. The van der Waals surface area contributed by atoms with E-state index in [1.807, 2.05) is 0 Å². The standard InChI is InChI=1S/C15H20N2O3/c1-2-15(8-3-9-15)17-14(20)16-12-6-4-11(5-7-12)10-13(18)19/h4-7H,2-3,8-10H2,1H3,(H,18,19)(H2,16,17,20). The molecule has 0 atom stereocenters. The minimum Gasteiger partial charge on any atom is -0.481 e. The van der Waals surface area contributed by atoms with Gasteiger partial charge < -0.3 is 15.7 Å². The molecular weight excluding hydrogens is 256 g/mol. The number of aliphatic carboxylic acids is 1. The number of hydrogen-bond donors (Lipinski definition) is 3. The number of amides is 2. The summed E-state index contributed by atoms with van der Waals surface area (Å²) in [6.07, 6.45) is 4.17. The maximum absolute atomic E-state index is 11.9. The van der Waals surface area contributed by atoms with Gasteiger partial charge in [-0.05, 0) is 43.4 Å². The van der Waals surface area contributed by atoms with Crippen LogP contribution in [0.1, 0.15) is 38.2 Å². The molecule has 0 spiro atoms. The van der Waals surface area contributed by atoms with Crippen LogP contribution in [-0.4, -0.2) is 22.6 Å². The van der Waals surface area contributed by atoms with Crippen LogP contribution in [0.4, 0.5) is 10.5 Å². The van der Waals surface area contributed by atoms with Crippen molar-refractivity contribution in [1.82, 2.24) is 5.32 Å². The quantitative estimate of drug-likeness (QED) is 0.773. The number of rotatable bonds is 5. The molecule has 0 aromatic heterocycles. The highest BCUT2D eigenvalue weighted by Gasteiger charge is 2.36. The maximum Gasteiger partial charge on any atom is 0.319 e. The molecule has 5 nitrogen and oxygen atoms in total. The van der Waals surface area contributed by atoms with Crippen molar-refractivity contribution in [1.29, 1.82) is 0 Å². The first kappa shape index (κ1) is 14.4. The SMILES string of the molecule is CCC1(NC(=O)Nc2ccc(CC(=O)O)cc2)CCC1. The molecule has 1 aliphatic rings. The molecule has 0 saturated heterocycles. The van der Waals surface area contributed by atoms with Crippen molar-refractivity contribution in [2.24, 2.45) is 0 Å². The molecule has 1 saturated carbocycles. The highest BCUT2D eigenvalue weighted by atomic mass is 16.4. The summed E-state index contributed by atoms with van der Waals surface area (Å²) in [5, 5.41) is 14.5. The summed E-state index contributed by atoms with van der Waals surface area (Å²) in [6, 6.07) is 6.66. The monoisotopic (exact) mass is 276 g/mol. The Balaban J connectivity index is 1.89. The molecule has 0 radical (unpaired) electrons. The zero-order chi connectivity index (χ0) is 14.6. The summed E-state index contributed by atoms with van der Waals surface area (Å²) in [5.74, 6) is -0.863. The number of benzene rings is 1. The summed E-state index contributed by atoms with van der Waals surface area (Å²) in [6.45, 7) is 2.08. The third-order valence-electron chi connectivity index (χ3n) is 3.93. The van der Waals surface area contributed by atoms with Crippen LogP contribution >= 0.6 is 0 Å². The highest BCUT2D eigenvalue weighted by molar-refractivity contribution is 5.89. The minimum atomic E-state index is -0.863. The van der Waals surface area contributed by atoms with Crippen LogP contribution in [0.3, 0.4) is 0 Å². The maximum atomic E-state index is 11.9. The topological polar surface area (TPSA) is 78.4 Å². The van der Waals surface area contributed by atoms with E-state index in [4.69, 9.17) is 5.11 Å². The van der Waals surface area contributed by atoms with Gasteiger partial charge >= 0.3 is 12.0 Å². The Morgan fingerprint density at radius 3 is 2.35 bits per heavy atom. The van der Waals surface area contributed by atoms with Crippen LogP contribution in [0.25, 0.3) is 0 Å². The number of carbonyl (C=O) groups is 2. The zero-order valence-electron chi connectivity index (χ0n) is 11.6. The molecule has 3 N–H and O–H groups in total. The van der Waals surface area contributed by atoms with Gasteiger partial charge in [0.1, 0.15) is 0 Å². The van der Waals surface area contributed by atoms with Crippen molar-refractivity contribution in [3.8, 4) is 0 Å². The van der Waals surface area contributed by atoms with Crippen molar-refractivity contribution in [3.05, 3.63) is 29.8 Å². The summed E-state index contributed by atoms with van der Waals surface area (Å²) >= 11 is 0. The van der Waals surface area contributed by atoms with E-state index in [1.54, 1.807) is 24.3 Å². The van der Waals surface area contributed by atoms with Crippen LogP contribution < -0.4 is 10.6 Å². The molecule has 5 heteroatoms. The Hall–Kier alpha value is -2.04. The Labute approximate surface area is 118 Å². The predicted molar refractivity (Wildman–Crippen MR) is 76.8 cm³/mol. The number of anilines is 1. The fourth-order valence-electron chi connectivity index (χ4n) is 2.45. The van der Waals surface area contributed by atoms with Crippen molar-refractivity contribution in [2.45, 2.75) is 44.6 Å². The van der Waals surface area contributed by atoms with Gasteiger partial charge in [0.2, 0.25) is 0 Å². The predicted octanol–water partition coefficient (Wildman–Crippen LogP) is 2.77. The van der Waals surface area contributed by atoms with E-state index in [-0.39, 0.29) is 18.0 Å². The first-order valence-electron chi connectivity index (χ1n) is 6.93. The average Bonchev–Trinajstić information content (AvgIpc) is 2.36. The molecule has 0 bridgehead atoms. The van der Waals surface area contributed by atoms with Crippen molar-refractivity contribution >= 4 is 17.7 Å². The molecule has 20 heavy (non-hydrogen) atoms. The van der Waals surface area contributed by atoms with Gasteiger partial charge in [0.25, 0.3) is 0 Å². The first-order valence-corrected chi connectivity index (χ1v) is 6.93. The van der Waals surface area contributed by atoms with Gasteiger partial charge in [0.15, 0.2) is 0 Å². The fourth-order valence-corrected chi connectivity index (χ4v) is 2.45. The lowest BCUT2D eigenvalue weighted by molar-refractivity contribution is -0.136. The second-order valence-corrected chi connectivity index (χ2v) is 5.33. The molecule has 0 unspecified atom stereocenters. The number of urea groups is 1. The van der Waals surface area contributed by atoms with Gasteiger partial charge in [-0.15, -0.1) is 0 Å². The van der Waals surface area contributed by atoms with Gasteiger partial charge in [-0.25, -0.2) is 4.79 Å². The molecule has 1 fully saturated rings. The molecule has 2 rings (SSSR count). The summed E-state index contributed by atoms with van der Waals surface area (Å²) in [4.78, 5) is 22.5. The molecular formula is C15H20N2O3. The van der Waals surface area contributed by atoms with Crippen molar-refractivity contribution < 1.29 is 14.7 Å². The number of carboxylic acid groups (broad SMARTS) is 1. The zero-order valence-corrected chi connectivity index (χ0v) is 11.6. The third kappa shape index (κ3) is 3.50. The number of hydrogen-bond acceptors (Lipinski definition) is 2. The molecule has 1 aromatic rings. The van der Waals surface area contributed by atoms with Crippen LogP contribution in [0.15, 0.2) is 24.3 Å². The lowest BCUT2D eigenvalue weighted by Crippen LogP contribution is -2.54. The van der Waals surface area contributed by atoms with Gasteiger partial charge in [0, 0.05) is 11.2 Å². The molecule has 1 aromatic carbocycles. The smallest absolute Gasteiger partial charge is 0.319 e. The van der Waals surface area contributed by atoms with E-state index in [0.717, 1.165) is 25.7 Å². The Kier molecular flexibility index (Phi) is 4.27. The van der Waals surface area contributed by atoms with Crippen molar-refractivity contribution in [3.63, 3.8) is 0 Å². The second-order valence-electron chi connectivity index (χ2n) is 5.33. The normalized spacial score (nSPS) is 16.1. The van der Waals surface area contributed by atoms with E-state index < -0.39 is 5.97 Å². The lowest BCUT2D eigenvalue weighted by Gasteiger charge is -2.41. The lowest BCUT2D eigenvalue weighted by atomic mass is 9.75. The Morgan fingerprint density at radius 1 is 1.25 bits per heavy atom. The van der Waals surface area contributed by atoms with Crippen LogP contribution in [0, 0.1) is 0 Å². The minimum absolute atomic E-state index is 0.00851. The number of carbonyl (C=O) groups excluding carboxylic acids is 1. The van der Waals surface area contributed by atoms with E-state index in [9.17, 15) is 9.59 Å². The van der Waals surface area contributed by atoms with Crippen LogP contribution in [0.2, 0.25) is 0 Å². The van der Waals surface area contributed by atoms with Crippen molar-refractivity contribution in [2.75, 3.05) is 5.32 Å². The molecule has 0 heterocycles. The fraction of sp³-hybridized carbons (Fsp3) is 0.467. The summed E-state index contributed by atoms with van der Waals surface area (Å²) in [5.41, 5.74) is 1.35. The average molecular weight is 276 g/mol. The summed E-state index contributed by atoms with van der Waals surface area (Å²) in [7, 11) is 0. The largest absolute Gasteiger partial charge is 0.481 e. The van der Waals surface area contributed by atoms with Gasteiger partial charge in [-0.3, -0.25) is 4.79 Å². The highest BCUT2D eigenvalue weighted by Crippen LogP contribution is 2.34. The second kappa shape index (κ2) is 5.94. The number of nitrogens with one attached hydrogen (secondary N) is 2. The van der Waals surface area contributed by atoms with E-state index in [0.29, 0.717) is 11.3 Å². The Bertz CT molecular complexity index is 487. The third-order valence-corrected chi connectivity index (χ3v) is 3.93. The van der Waals surface area contributed by atoms with Gasteiger partial charge in [-0.2, -0.15) is 0 Å². The van der Waals surface area contributed by atoms with E-state index in [2.05, 4.69) is 17.6 Å². The van der Waals surface area contributed by atoms with Crippen LogP contribution in [-0.2, 0) is 11.2 Å². The Morgan fingerprint density at radius 2 is 1.90 bits per heavy atom.